The topological polar surface area (TPSA) is 140 Å². The molecular formula is C15H16N4O4S. The van der Waals surface area contributed by atoms with Crippen LogP contribution in [-0.2, 0) is 10.0 Å². The summed E-state index contributed by atoms with van der Waals surface area (Å²) in [7, 11) is -2.48. The van der Waals surface area contributed by atoms with E-state index in [0.717, 1.165) is 0 Å². The van der Waals surface area contributed by atoms with Gasteiger partial charge in [0.25, 0.3) is 10.0 Å². The van der Waals surface area contributed by atoms with Crippen molar-refractivity contribution in [3.8, 4) is 11.5 Å². The summed E-state index contributed by atoms with van der Waals surface area (Å²) >= 11 is 0. The van der Waals surface area contributed by atoms with Crippen molar-refractivity contribution in [2.75, 3.05) is 7.11 Å². The van der Waals surface area contributed by atoms with Crippen LogP contribution in [0.2, 0.25) is 0 Å². The van der Waals surface area contributed by atoms with Gasteiger partial charge in [-0.05, 0) is 36.4 Å². The number of hydrogen-bond donors (Lipinski definition) is 3. The molecule has 126 valence electrons. The Morgan fingerprint density at radius 2 is 1.83 bits per heavy atom. The lowest BCUT2D eigenvalue weighted by molar-refractivity contribution is 0.373. The number of hydrogen-bond acceptors (Lipinski definition) is 5. The Balaban J connectivity index is 2.25. The smallest absolute Gasteiger partial charge is 0.285 e. The maximum absolute atomic E-state index is 11.8. The van der Waals surface area contributed by atoms with E-state index >= 15 is 0 Å². The number of aromatic hydroxyl groups is 1. The van der Waals surface area contributed by atoms with Gasteiger partial charge in [-0.25, -0.2) is 0 Å². The molecule has 0 aliphatic rings. The van der Waals surface area contributed by atoms with E-state index in [0.29, 0.717) is 17.0 Å². The van der Waals surface area contributed by atoms with E-state index in [1.165, 1.54) is 37.6 Å². The number of rotatable bonds is 5. The molecular weight excluding hydrogens is 332 g/mol. The summed E-state index contributed by atoms with van der Waals surface area (Å²) in [4.78, 5) is 4.12. The summed E-state index contributed by atoms with van der Waals surface area (Å²) < 4.78 is 31.8. The quantitative estimate of drug-likeness (QED) is 0.546. The number of benzene rings is 2. The van der Waals surface area contributed by atoms with Crippen LogP contribution in [-0.4, -0.2) is 32.8 Å². The van der Waals surface area contributed by atoms with E-state index in [4.69, 9.17) is 16.2 Å². The van der Waals surface area contributed by atoms with Crippen LogP contribution in [0.15, 0.2) is 56.8 Å². The summed E-state index contributed by atoms with van der Waals surface area (Å²) in [6.07, 6.45) is 1.44. The van der Waals surface area contributed by atoms with Gasteiger partial charge in [-0.1, -0.05) is 6.07 Å². The van der Waals surface area contributed by atoms with Crippen molar-refractivity contribution in [3.63, 3.8) is 0 Å². The molecule has 0 aliphatic heterocycles. The highest BCUT2D eigenvalue weighted by molar-refractivity contribution is 7.90. The Kier molecular flexibility index (Phi) is 5.05. The van der Waals surface area contributed by atoms with E-state index < -0.39 is 16.0 Å². The first-order chi connectivity index (χ1) is 11.3. The van der Waals surface area contributed by atoms with Crippen LogP contribution in [0.4, 0.5) is 5.69 Å². The van der Waals surface area contributed by atoms with E-state index in [2.05, 4.69) is 9.39 Å². The Labute approximate surface area is 139 Å². The molecule has 0 amide bonds. The first kappa shape index (κ1) is 17.3. The number of sulfonamides is 1. The molecule has 0 radical (unpaired) electrons. The minimum absolute atomic E-state index is 0.0318. The van der Waals surface area contributed by atoms with Crippen molar-refractivity contribution < 1.29 is 18.3 Å². The second-order valence-electron chi connectivity index (χ2n) is 4.64. The summed E-state index contributed by atoms with van der Waals surface area (Å²) in [6.45, 7) is 0. The van der Waals surface area contributed by atoms with Gasteiger partial charge in [0.1, 0.15) is 0 Å². The van der Waals surface area contributed by atoms with Crippen LogP contribution in [0.1, 0.15) is 5.56 Å². The second kappa shape index (κ2) is 7.01. The molecule has 0 saturated carbocycles. The van der Waals surface area contributed by atoms with Gasteiger partial charge in [0, 0.05) is 11.8 Å². The largest absolute Gasteiger partial charge is 0.504 e. The Hall–Kier alpha value is -3.07. The van der Waals surface area contributed by atoms with Crippen molar-refractivity contribution in [1.29, 1.82) is 0 Å². The van der Waals surface area contributed by atoms with Gasteiger partial charge in [0.05, 0.1) is 17.7 Å². The molecule has 0 saturated heterocycles. The van der Waals surface area contributed by atoms with Gasteiger partial charge in [-0.3, -0.25) is 4.99 Å². The predicted octanol–water partition coefficient (Wildman–Crippen LogP) is 1.11. The first-order valence-corrected chi connectivity index (χ1v) is 8.13. The SMILES string of the molecule is COc1cccc(C=Nc2ccc(S(=O)(=O)N=C(N)N)cc2)c1O. The number of nitrogens with two attached hydrogens (primary N) is 2. The van der Waals surface area contributed by atoms with Crippen LogP contribution in [0.3, 0.4) is 0 Å². The van der Waals surface area contributed by atoms with Crippen molar-refractivity contribution in [3.05, 3.63) is 48.0 Å². The van der Waals surface area contributed by atoms with Gasteiger partial charge in [-0.15, -0.1) is 4.40 Å². The number of methoxy groups -OCH3 is 1. The zero-order valence-electron chi connectivity index (χ0n) is 12.7. The summed E-state index contributed by atoms with van der Waals surface area (Å²) in [5, 5.41) is 9.97. The highest BCUT2D eigenvalue weighted by Crippen LogP contribution is 2.28. The van der Waals surface area contributed by atoms with E-state index in [1.54, 1.807) is 18.2 Å². The Morgan fingerprint density at radius 1 is 1.17 bits per heavy atom. The number of phenols is 1. The van der Waals surface area contributed by atoms with Crippen molar-refractivity contribution in [1.82, 2.24) is 0 Å². The summed E-state index contributed by atoms with van der Waals surface area (Å²) in [5.74, 6) is -0.237. The minimum atomic E-state index is -3.93. The average Bonchev–Trinajstić information content (AvgIpc) is 2.53. The molecule has 2 aromatic carbocycles. The fourth-order valence-electron chi connectivity index (χ4n) is 1.85. The fraction of sp³-hybridized carbons (Fsp3) is 0.0667. The molecule has 0 spiro atoms. The fourth-order valence-corrected chi connectivity index (χ4v) is 2.71. The molecule has 9 heteroatoms. The van der Waals surface area contributed by atoms with Gasteiger partial charge in [0.15, 0.2) is 11.5 Å². The molecule has 0 aromatic heterocycles. The highest BCUT2D eigenvalue weighted by Gasteiger charge is 2.12. The van der Waals surface area contributed by atoms with Crippen molar-refractivity contribution >= 4 is 27.9 Å². The Morgan fingerprint density at radius 3 is 2.42 bits per heavy atom. The number of aliphatic imine (C=N–C) groups is 1. The molecule has 0 unspecified atom stereocenters. The van der Waals surface area contributed by atoms with Gasteiger partial charge in [-0.2, -0.15) is 8.42 Å². The van der Waals surface area contributed by atoms with Crippen molar-refractivity contribution in [2.45, 2.75) is 4.90 Å². The van der Waals surface area contributed by atoms with Crippen LogP contribution < -0.4 is 16.2 Å². The highest BCUT2D eigenvalue weighted by atomic mass is 32.2. The van der Waals surface area contributed by atoms with Gasteiger partial charge in [0.2, 0.25) is 5.96 Å². The number of phenolic OH excluding ortho intramolecular Hbond substituents is 1. The molecule has 0 atom stereocenters. The predicted molar refractivity (Wildman–Crippen MR) is 91.4 cm³/mol. The molecule has 0 heterocycles. The molecule has 5 N–H and O–H groups in total. The first-order valence-electron chi connectivity index (χ1n) is 6.69. The third-order valence-corrected chi connectivity index (χ3v) is 4.28. The van der Waals surface area contributed by atoms with Crippen LogP contribution in [0, 0.1) is 0 Å². The average molecular weight is 348 g/mol. The normalized spacial score (nSPS) is 11.4. The van der Waals surface area contributed by atoms with Gasteiger partial charge >= 0.3 is 0 Å². The van der Waals surface area contributed by atoms with Crippen LogP contribution >= 0.6 is 0 Å². The number of nitrogens with zero attached hydrogens (tertiary/aromatic N) is 2. The molecule has 0 bridgehead atoms. The zero-order valence-corrected chi connectivity index (χ0v) is 13.6. The summed E-state index contributed by atoms with van der Waals surface area (Å²) in [5.41, 5.74) is 11.1. The molecule has 0 fully saturated rings. The van der Waals surface area contributed by atoms with Crippen LogP contribution in [0.5, 0.6) is 11.5 Å². The summed E-state index contributed by atoms with van der Waals surface area (Å²) in [6, 6.07) is 10.6. The lowest BCUT2D eigenvalue weighted by atomic mass is 10.2. The maximum atomic E-state index is 11.8. The number of para-hydroxylation sites is 1. The monoisotopic (exact) mass is 348 g/mol. The van der Waals surface area contributed by atoms with Crippen molar-refractivity contribution in [2.24, 2.45) is 20.9 Å². The molecule has 0 aliphatic carbocycles. The molecule has 2 aromatic rings. The van der Waals surface area contributed by atoms with E-state index in [-0.39, 0.29) is 10.6 Å². The molecule has 2 rings (SSSR count). The zero-order chi connectivity index (χ0) is 17.7. The molecule has 24 heavy (non-hydrogen) atoms. The van der Waals surface area contributed by atoms with E-state index in [1.807, 2.05) is 0 Å². The third-order valence-electron chi connectivity index (χ3n) is 2.96. The second-order valence-corrected chi connectivity index (χ2v) is 6.25. The number of ether oxygens (including phenoxy) is 1. The van der Waals surface area contributed by atoms with Gasteiger partial charge < -0.3 is 21.3 Å². The van der Waals surface area contributed by atoms with Crippen LogP contribution in [0.25, 0.3) is 0 Å². The third kappa shape index (κ3) is 4.02. The number of guanidine groups is 1. The maximum Gasteiger partial charge on any atom is 0.285 e. The minimum Gasteiger partial charge on any atom is -0.504 e. The van der Waals surface area contributed by atoms with E-state index in [9.17, 15) is 13.5 Å². The lowest BCUT2D eigenvalue weighted by Crippen LogP contribution is -2.24. The lowest BCUT2D eigenvalue weighted by Gasteiger charge is -2.05. The Bertz CT molecular complexity index is 886. The molecule has 8 nitrogen and oxygen atoms in total. The standard InChI is InChI=1S/C15H16N4O4S/c1-23-13-4-2-3-10(14(13)20)9-18-11-5-7-12(8-6-11)24(21,22)19-15(16)17/h2-9,20H,1H3,(H4,16,17,19).